The molecule has 0 radical (unpaired) electrons. The van der Waals surface area contributed by atoms with Crippen LogP contribution in [0.5, 0.6) is 0 Å². The Balaban J connectivity index is 1.47. The highest BCUT2D eigenvalue weighted by atomic mass is 35.5. The molecule has 4 heteroatoms. The van der Waals surface area contributed by atoms with Crippen molar-refractivity contribution < 1.29 is 0 Å². The van der Waals surface area contributed by atoms with Crippen LogP contribution in [-0.2, 0) is 12.8 Å². The summed E-state index contributed by atoms with van der Waals surface area (Å²) in [6.45, 7) is 4.17. The zero-order valence-corrected chi connectivity index (χ0v) is 17.1. The summed E-state index contributed by atoms with van der Waals surface area (Å²) in [6.07, 6.45) is 3.24. The first-order valence-electron chi connectivity index (χ1n) is 9.36. The average Bonchev–Trinajstić information content (AvgIpc) is 2.95. The predicted molar refractivity (Wildman–Crippen MR) is 115 cm³/mol. The second-order valence-electron chi connectivity index (χ2n) is 7.31. The van der Waals surface area contributed by atoms with E-state index in [0.29, 0.717) is 11.8 Å². The Morgan fingerprint density at radius 3 is 2.77 bits per heavy atom. The van der Waals surface area contributed by atoms with Crippen LogP contribution in [0.4, 0.5) is 0 Å². The molecule has 0 fully saturated rings. The van der Waals surface area contributed by atoms with Gasteiger partial charge in [0.2, 0.25) is 0 Å². The molecule has 0 amide bonds. The lowest BCUT2D eigenvalue weighted by Crippen LogP contribution is -2.39. The number of thiocarbonyl (C=S) groups is 1. The molecule has 2 unspecified atom stereocenters. The van der Waals surface area contributed by atoms with E-state index < -0.39 is 0 Å². The predicted octanol–water partition coefficient (Wildman–Crippen LogP) is 5.05. The third-order valence-electron chi connectivity index (χ3n) is 5.39. The van der Waals surface area contributed by atoms with E-state index in [2.05, 4.69) is 60.6 Å². The summed E-state index contributed by atoms with van der Waals surface area (Å²) in [5, 5.41) is 5.06. The van der Waals surface area contributed by atoms with Gasteiger partial charge in [0.05, 0.1) is 0 Å². The molecule has 1 aliphatic carbocycles. The molecule has 138 valence electrons. The lowest BCUT2D eigenvalue weighted by Gasteiger charge is -2.24. The van der Waals surface area contributed by atoms with E-state index in [1.807, 2.05) is 12.1 Å². The number of halogens is 1. The Morgan fingerprint density at radius 1 is 1.23 bits per heavy atom. The van der Waals surface area contributed by atoms with Crippen LogP contribution in [0.3, 0.4) is 0 Å². The maximum absolute atomic E-state index is 6.22. The first-order valence-corrected chi connectivity index (χ1v) is 10.1. The number of benzene rings is 2. The van der Waals surface area contributed by atoms with Gasteiger partial charge in [0.25, 0.3) is 0 Å². The topological polar surface area (TPSA) is 15.3 Å². The highest BCUT2D eigenvalue weighted by molar-refractivity contribution is 7.80. The minimum atomic E-state index is 0.568. The van der Waals surface area contributed by atoms with Crippen molar-refractivity contribution in [3.63, 3.8) is 0 Å². The third kappa shape index (κ3) is 4.77. The maximum atomic E-state index is 6.22. The zero-order chi connectivity index (χ0) is 18.5. The van der Waals surface area contributed by atoms with Crippen molar-refractivity contribution in [2.45, 2.75) is 32.1 Å². The molecule has 2 aromatic carbocycles. The van der Waals surface area contributed by atoms with Crippen molar-refractivity contribution in [3.8, 4) is 0 Å². The van der Waals surface area contributed by atoms with Crippen LogP contribution in [0.1, 0.15) is 36.0 Å². The van der Waals surface area contributed by atoms with E-state index in [1.165, 1.54) is 16.7 Å². The smallest absolute Gasteiger partial charge is 0.168 e. The molecule has 0 bridgehead atoms. The molecule has 2 aromatic rings. The summed E-state index contributed by atoms with van der Waals surface area (Å²) in [7, 11) is 2.08. The average molecular weight is 387 g/mol. The van der Waals surface area contributed by atoms with Crippen LogP contribution in [-0.4, -0.2) is 30.1 Å². The van der Waals surface area contributed by atoms with Crippen LogP contribution in [0.2, 0.25) is 5.02 Å². The number of rotatable bonds is 6. The Kier molecular flexibility index (Phi) is 6.55. The number of fused-ring (bicyclic) bond motifs is 1. The van der Waals surface area contributed by atoms with E-state index in [0.717, 1.165) is 42.5 Å². The lowest BCUT2D eigenvalue weighted by atomic mass is 9.91. The Hall–Kier alpha value is -1.58. The van der Waals surface area contributed by atoms with Gasteiger partial charge in [0.15, 0.2) is 5.11 Å². The largest absolute Gasteiger partial charge is 0.362 e. The van der Waals surface area contributed by atoms with Crippen LogP contribution in [0.25, 0.3) is 0 Å². The number of hydrogen-bond acceptors (Lipinski definition) is 1. The first kappa shape index (κ1) is 19.2. The fraction of sp³-hybridized carbons (Fsp3) is 0.409. The fourth-order valence-corrected chi connectivity index (χ4v) is 4.23. The van der Waals surface area contributed by atoms with Crippen molar-refractivity contribution in [1.29, 1.82) is 0 Å². The maximum Gasteiger partial charge on any atom is 0.168 e. The van der Waals surface area contributed by atoms with Gasteiger partial charge in [0, 0.05) is 25.2 Å². The number of nitrogens with zero attached hydrogens (tertiary/aromatic N) is 1. The van der Waals surface area contributed by atoms with Gasteiger partial charge in [-0.2, -0.15) is 0 Å². The zero-order valence-electron chi connectivity index (χ0n) is 15.5. The summed E-state index contributed by atoms with van der Waals surface area (Å²) in [4.78, 5) is 2.16. The second-order valence-corrected chi connectivity index (χ2v) is 8.13. The molecule has 1 N–H and O–H groups in total. The third-order valence-corrected chi connectivity index (χ3v) is 6.08. The molecule has 0 saturated carbocycles. The van der Waals surface area contributed by atoms with E-state index in [4.69, 9.17) is 23.8 Å². The Morgan fingerprint density at radius 2 is 2.00 bits per heavy atom. The van der Waals surface area contributed by atoms with Gasteiger partial charge in [-0.3, -0.25) is 0 Å². The van der Waals surface area contributed by atoms with Crippen molar-refractivity contribution in [2.24, 2.45) is 5.92 Å². The van der Waals surface area contributed by atoms with Gasteiger partial charge in [0.1, 0.15) is 0 Å². The minimum absolute atomic E-state index is 0.568. The van der Waals surface area contributed by atoms with Crippen molar-refractivity contribution in [3.05, 3.63) is 70.2 Å². The van der Waals surface area contributed by atoms with Gasteiger partial charge >= 0.3 is 0 Å². The van der Waals surface area contributed by atoms with Crippen molar-refractivity contribution in [2.75, 3.05) is 20.1 Å². The highest BCUT2D eigenvalue weighted by Gasteiger charge is 2.29. The van der Waals surface area contributed by atoms with Gasteiger partial charge in [-0.1, -0.05) is 54.9 Å². The molecule has 1 aliphatic rings. The van der Waals surface area contributed by atoms with Crippen LogP contribution in [0, 0.1) is 5.92 Å². The lowest BCUT2D eigenvalue weighted by molar-refractivity contribution is 0.400. The summed E-state index contributed by atoms with van der Waals surface area (Å²) in [5.74, 6) is 1.23. The monoisotopic (exact) mass is 386 g/mol. The normalized spacial score (nSPS) is 18.4. The SMILES string of the molecule is CC1Cc2ccc(Cl)cc2C1CCN(C)C(=S)NCCc1ccccc1. The summed E-state index contributed by atoms with van der Waals surface area (Å²) in [5.41, 5.74) is 4.22. The fourth-order valence-electron chi connectivity index (χ4n) is 3.86. The molecule has 0 aromatic heterocycles. The minimum Gasteiger partial charge on any atom is -0.362 e. The molecule has 0 heterocycles. The number of hydrogen-bond donors (Lipinski definition) is 1. The van der Waals surface area contributed by atoms with Crippen molar-refractivity contribution in [1.82, 2.24) is 10.2 Å². The Bertz CT molecular complexity index is 747. The molecule has 2 nitrogen and oxygen atoms in total. The van der Waals surface area contributed by atoms with Crippen molar-refractivity contribution >= 4 is 28.9 Å². The van der Waals surface area contributed by atoms with Gasteiger partial charge < -0.3 is 10.2 Å². The van der Waals surface area contributed by atoms with Crippen LogP contribution < -0.4 is 5.32 Å². The van der Waals surface area contributed by atoms with E-state index in [9.17, 15) is 0 Å². The summed E-state index contributed by atoms with van der Waals surface area (Å²) in [6, 6.07) is 16.9. The molecule has 0 aliphatic heterocycles. The Labute approximate surface area is 167 Å². The highest BCUT2D eigenvalue weighted by Crippen LogP contribution is 2.41. The first-order chi connectivity index (χ1) is 12.5. The van der Waals surface area contributed by atoms with Gasteiger partial charge in [-0.05, 0) is 72.1 Å². The molecule has 3 rings (SSSR count). The molecule has 0 saturated heterocycles. The van der Waals surface area contributed by atoms with Gasteiger partial charge in [-0.15, -0.1) is 0 Å². The molecular weight excluding hydrogens is 360 g/mol. The summed E-state index contributed by atoms with van der Waals surface area (Å²) < 4.78 is 0. The van der Waals surface area contributed by atoms with E-state index >= 15 is 0 Å². The molecule has 26 heavy (non-hydrogen) atoms. The number of nitrogens with one attached hydrogen (secondary N) is 1. The standard InChI is InChI=1S/C22H27ClN2S/c1-16-14-18-8-9-19(23)15-21(18)20(16)11-13-25(2)22(26)24-12-10-17-6-4-3-5-7-17/h3-9,15-16,20H,10-14H2,1-2H3,(H,24,26). The van der Waals surface area contributed by atoms with Gasteiger partial charge in [-0.25, -0.2) is 0 Å². The van der Waals surface area contributed by atoms with E-state index in [-0.39, 0.29) is 0 Å². The van der Waals surface area contributed by atoms with Crippen LogP contribution in [0.15, 0.2) is 48.5 Å². The van der Waals surface area contributed by atoms with E-state index in [1.54, 1.807) is 0 Å². The second kappa shape index (κ2) is 8.88. The quantitative estimate of drug-likeness (QED) is 0.699. The van der Waals surface area contributed by atoms with Crippen LogP contribution >= 0.6 is 23.8 Å². The molecule has 2 atom stereocenters. The molecule has 0 spiro atoms. The molecular formula is C22H27ClN2S. The summed E-state index contributed by atoms with van der Waals surface area (Å²) >= 11 is 11.8.